The molecule has 1 N–H and O–H groups in total. The third-order valence-electron chi connectivity index (χ3n) is 4.81. The van der Waals surface area contributed by atoms with Crippen LogP contribution < -0.4 is 10.2 Å². The summed E-state index contributed by atoms with van der Waals surface area (Å²) in [5.74, 6) is 0.448. The lowest BCUT2D eigenvalue weighted by molar-refractivity contribution is 0.242. The molecule has 28 heavy (non-hydrogen) atoms. The van der Waals surface area contributed by atoms with E-state index in [1.54, 1.807) is 42.2 Å². The molecule has 0 spiro atoms. The number of carbonyl (C=O) groups is 1. The number of pyridine rings is 1. The Morgan fingerprint density at radius 1 is 1.36 bits per heavy atom. The molecule has 9 heteroatoms. The number of benzene rings is 1. The van der Waals surface area contributed by atoms with Crippen LogP contribution in [0.2, 0.25) is 0 Å². The van der Waals surface area contributed by atoms with Gasteiger partial charge in [-0.2, -0.15) is 0 Å². The van der Waals surface area contributed by atoms with Gasteiger partial charge in [0.25, 0.3) is 0 Å². The minimum Gasteiger partial charge on any atom is -0.330 e. The van der Waals surface area contributed by atoms with E-state index in [4.69, 9.17) is 0 Å². The molecule has 1 aliphatic rings. The van der Waals surface area contributed by atoms with E-state index >= 15 is 0 Å². The molecular weight excluding hydrogens is 361 g/mol. The topological polar surface area (TPSA) is 88.8 Å². The molecule has 2 aromatic heterocycles. The van der Waals surface area contributed by atoms with Gasteiger partial charge in [-0.25, -0.2) is 18.9 Å². The lowest BCUT2D eigenvalue weighted by Gasteiger charge is -2.24. The Morgan fingerprint density at radius 3 is 2.89 bits per heavy atom. The summed E-state index contributed by atoms with van der Waals surface area (Å²) in [5, 5.41) is 14.0. The quantitative estimate of drug-likeness (QED) is 0.709. The van der Waals surface area contributed by atoms with E-state index in [-0.39, 0.29) is 23.8 Å². The number of tetrazole rings is 1. The normalized spacial score (nSPS) is 14.5. The first-order valence-electron chi connectivity index (χ1n) is 9.06. The smallest absolute Gasteiger partial charge is 0.323 e. The van der Waals surface area contributed by atoms with Crippen LogP contribution in [0.4, 0.5) is 15.0 Å². The third-order valence-corrected chi connectivity index (χ3v) is 4.81. The molecule has 0 aliphatic heterocycles. The zero-order valence-electron chi connectivity index (χ0n) is 15.4. The van der Waals surface area contributed by atoms with Crippen molar-refractivity contribution >= 4 is 11.8 Å². The molecular formula is C19H20FN7O. The number of hydrogen-bond acceptors (Lipinski definition) is 5. The first-order valence-corrected chi connectivity index (χ1v) is 9.06. The summed E-state index contributed by atoms with van der Waals surface area (Å²) in [6, 6.07) is 9.55. The minimum absolute atomic E-state index is 0.258. The molecule has 2 heterocycles. The van der Waals surface area contributed by atoms with Crippen molar-refractivity contribution in [2.24, 2.45) is 5.92 Å². The largest absolute Gasteiger partial charge is 0.330 e. The average Bonchev–Trinajstić information content (AvgIpc) is 3.43. The second kappa shape index (κ2) is 7.71. The number of nitrogens with zero attached hydrogens (tertiary/aromatic N) is 6. The molecule has 1 saturated carbocycles. The summed E-state index contributed by atoms with van der Waals surface area (Å²) in [7, 11) is 1.64. The van der Waals surface area contributed by atoms with Crippen LogP contribution in [0.5, 0.6) is 0 Å². The lowest BCUT2D eigenvalue weighted by atomic mass is 10.0. The van der Waals surface area contributed by atoms with Crippen LogP contribution in [0.1, 0.15) is 30.0 Å². The molecule has 1 aromatic carbocycles. The fourth-order valence-corrected chi connectivity index (χ4v) is 3.12. The maximum absolute atomic E-state index is 14.2. The summed E-state index contributed by atoms with van der Waals surface area (Å²) in [6.07, 6.45) is 5.10. The van der Waals surface area contributed by atoms with E-state index in [1.165, 1.54) is 17.3 Å². The Morgan fingerprint density at radius 2 is 2.18 bits per heavy atom. The van der Waals surface area contributed by atoms with Crippen molar-refractivity contribution in [2.45, 2.75) is 25.4 Å². The van der Waals surface area contributed by atoms with Gasteiger partial charge in [0, 0.05) is 18.8 Å². The number of hydrogen-bond donors (Lipinski definition) is 1. The highest BCUT2D eigenvalue weighted by atomic mass is 19.1. The zero-order valence-corrected chi connectivity index (χ0v) is 15.4. The molecule has 0 saturated heterocycles. The summed E-state index contributed by atoms with van der Waals surface area (Å²) >= 11 is 0. The molecule has 4 rings (SSSR count). The van der Waals surface area contributed by atoms with E-state index in [2.05, 4.69) is 25.8 Å². The number of nitrogens with one attached hydrogen (secondary N) is 1. The van der Waals surface area contributed by atoms with Crippen molar-refractivity contribution in [1.29, 1.82) is 0 Å². The number of halogens is 1. The first kappa shape index (κ1) is 18.0. The lowest BCUT2D eigenvalue weighted by Crippen LogP contribution is -2.40. The molecule has 1 fully saturated rings. The molecule has 2 amide bonds. The summed E-state index contributed by atoms with van der Waals surface area (Å²) in [6.45, 7) is 0.470. The highest BCUT2D eigenvalue weighted by molar-refractivity contribution is 5.90. The van der Waals surface area contributed by atoms with Crippen molar-refractivity contribution in [3.05, 3.63) is 65.9 Å². The van der Waals surface area contributed by atoms with Crippen LogP contribution in [0, 0.1) is 11.7 Å². The number of rotatable bonds is 6. The third kappa shape index (κ3) is 3.98. The van der Waals surface area contributed by atoms with Crippen LogP contribution in [0.25, 0.3) is 0 Å². The van der Waals surface area contributed by atoms with Gasteiger partial charge in [-0.1, -0.05) is 18.2 Å². The van der Waals surface area contributed by atoms with Gasteiger partial charge in [0.15, 0.2) is 0 Å². The van der Waals surface area contributed by atoms with Crippen LogP contribution >= 0.6 is 0 Å². The summed E-state index contributed by atoms with van der Waals surface area (Å²) < 4.78 is 15.8. The molecule has 0 radical (unpaired) electrons. The monoisotopic (exact) mass is 381 g/mol. The van der Waals surface area contributed by atoms with Crippen LogP contribution in [0.15, 0.2) is 48.9 Å². The fourth-order valence-electron chi connectivity index (χ4n) is 3.12. The Labute approximate surface area is 161 Å². The van der Waals surface area contributed by atoms with Crippen LogP contribution in [0.3, 0.4) is 0 Å². The Bertz CT molecular complexity index is 958. The molecule has 0 bridgehead atoms. The van der Waals surface area contributed by atoms with Crippen molar-refractivity contribution in [3.63, 3.8) is 0 Å². The molecule has 144 valence electrons. The number of anilines is 1. The van der Waals surface area contributed by atoms with Gasteiger partial charge in [-0.15, -0.1) is 5.10 Å². The van der Waals surface area contributed by atoms with E-state index in [0.29, 0.717) is 17.9 Å². The van der Waals surface area contributed by atoms with Gasteiger partial charge < -0.3 is 5.32 Å². The zero-order chi connectivity index (χ0) is 19.5. The van der Waals surface area contributed by atoms with Gasteiger partial charge in [0.05, 0.1) is 12.6 Å². The average molecular weight is 381 g/mol. The molecule has 8 nitrogen and oxygen atoms in total. The molecule has 3 aromatic rings. The van der Waals surface area contributed by atoms with Gasteiger partial charge in [-0.3, -0.25) is 4.90 Å². The van der Waals surface area contributed by atoms with E-state index in [9.17, 15) is 9.18 Å². The SMILES string of the molecule is CN(C(=O)N[C@@H](c1ccccc1F)C1CC1)c1cc(Cn2cnnn2)ccn1. The van der Waals surface area contributed by atoms with Crippen LogP contribution in [-0.4, -0.2) is 38.3 Å². The number of amides is 2. The van der Waals surface area contributed by atoms with E-state index in [1.807, 2.05) is 6.07 Å². The van der Waals surface area contributed by atoms with Crippen molar-refractivity contribution < 1.29 is 9.18 Å². The predicted octanol–water partition coefficient (Wildman–Crippen LogP) is 2.55. The van der Waals surface area contributed by atoms with Gasteiger partial charge >= 0.3 is 6.03 Å². The summed E-state index contributed by atoms with van der Waals surface area (Å²) in [5.41, 5.74) is 1.43. The number of aromatic nitrogens is 5. The van der Waals surface area contributed by atoms with Crippen LogP contribution in [-0.2, 0) is 6.54 Å². The van der Waals surface area contributed by atoms with E-state index < -0.39 is 0 Å². The van der Waals surface area contributed by atoms with Gasteiger partial charge in [-0.05, 0) is 52.9 Å². The molecule has 1 aliphatic carbocycles. The maximum atomic E-state index is 14.2. The van der Waals surface area contributed by atoms with Gasteiger partial charge in [0.2, 0.25) is 0 Å². The standard InChI is InChI=1S/C19H20FN7O/c1-26(17-10-13(8-9-21-17)11-27-12-22-24-25-27)19(28)23-18(14-6-7-14)15-4-2-3-5-16(15)20/h2-5,8-10,12,14,18H,6-7,11H2,1H3,(H,23,28)/t18-/m1/s1. The number of urea groups is 1. The molecule has 0 unspecified atom stereocenters. The number of carbonyl (C=O) groups excluding carboxylic acids is 1. The van der Waals surface area contributed by atoms with Crippen molar-refractivity contribution in [2.75, 3.05) is 11.9 Å². The maximum Gasteiger partial charge on any atom is 0.323 e. The Kier molecular flexibility index (Phi) is 4.96. The Hall–Kier alpha value is -3.36. The first-order chi connectivity index (χ1) is 13.6. The molecule has 1 atom stereocenters. The fraction of sp³-hybridized carbons (Fsp3) is 0.316. The Balaban J connectivity index is 1.49. The second-order valence-corrected chi connectivity index (χ2v) is 6.87. The van der Waals surface area contributed by atoms with Crippen molar-refractivity contribution in [3.8, 4) is 0 Å². The van der Waals surface area contributed by atoms with Crippen molar-refractivity contribution in [1.82, 2.24) is 30.5 Å². The summed E-state index contributed by atoms with van der Waals surface area (Å²) in [4.78, 5) is 18.5. The highest BCUT2D eigenvalue weighted by Gasteiger charge is 2.35. The van der Waals surface area contributed by atoms with Gasteiger partial charge in [0.1, 0.15) is 18.0 Å². The predicted molar refractivity (Wildman–Crippen MR) is 100.0 cm³/mol. The minimum atomic E-state index is -0.347. The highest BCUT2D eigenvalue weighted by Crippen LogP contribution is 2.41. The second-order valence-electron chi connectivity index (χ2n) is 6.87. The van der Waals surface area contributed by atoms with E-state index in [0.717, 1.165) is 18.4 Å².